The summed E-state index contributed by atoms with van der Waals surface area (Å²) in [6.07, 6.45) is 2.55. The number of fused-ring (bicyclic) bond motifs is 1. The minimum atomic E-state index is 0.549. The lowest BCUT2D eigenvalue weighted by molar-refractivity contribution is 0.267. The highest BCUT2D eigenvalue weighted by Gasteiger charge is 2.18. The van der Waals surface area contributed by atoms with Gasteiger partial charge in [0, 0.05) is 23.6 Å². The van der Waals surface area contributed by atoms with E-state index >= 15 is 0 Å². The van der Waals surface area contributed by atoms with Gasteiger partial charge in [0.15, 0.2) is 0 Å². The molecule has 0 amide bonds. The Morgan fingerprint density at radius 2 is 2.10 bits per heavy atom. The number of nitrogens with one attached hydrogen (secondary N) is 1. The standard InChI is InChI=1S/C17H28N2S/c1-14(2)19(3)11-7-6-10-18-17-13-20-12-15-8-4-5-9-16(15)17/h4-5,8-9,14,17-18H,6-7,10-13H2,1-3H3. The summed E-state index contributed by atoms with van der Waals surface area (Å²) in [4.78, 5) is 2.42. The summed E-state index contributed by atoms with van der Waals surface area (Å²) in [7, 11) is 2.21. The van der Waals surface area contributed by atoms with E-state index in [1.54, 1.807) is 0 Å². The Hall–Kier alpha value is -0.510. The third-order valence-electron chi connectivity index (χ3n) is 4.18. The summed E-state index contributed by atoms with van der Waals surface area (Å²) in [5, 5.41) is 3.74. The molecule has 0 bridgehead atoms. The molecule has 20 heavy (non-hydrogen) atoms. The molecule has 0 aliphatic carbocycles. The van der Waals surface area contributed by atoms with Gasteiger partial charge in [0.1, 0.15) is 0 Å². The lowest BCUT2D eigenvalue weighted by atomic mass is 10.0. The van der Waals surface area contributed by atoms with Crippen LogP contribution in [0.1, 0.15) is 43.9 Å². The number of thioether (sulfide) groups is 1. The zero-order chi connectivity index (χ0) is 14.4. The maximum absolute atomic E-state index is 3.74. The van der Waals surface area contributed by atoms with Crippen LogP contribution in [0.25, 0.3) is 0 Å². The van der Waals surface area contributed by atoms with Gasteiger partial charge < -0.3 is 10.2 Å². The van der Waals surface area contributed by atoms with Crippen LogP contribution in [0.4, 0.5) is 0 Å². The van der Waals surface area contributed by atoms with Crippen LogP contribution in [0.15, 0.2) is 24.3 Å². The van der Waals surface area contributed by atoms with Crippen molar-refractivity contribution in [3.8, 4) is 0 Å². The van der Waals surface area contributed by atoms with E-state index in [0.717, 1.165) is 6.54 Å². The minimum absolute atomic E-state index is 0.549. The predicted molar refractivity (Wildman–Crippen MR) is 90.3 cm³/mol. The van der Waals surface area contributed by atoms with E-state index in [1.165, 1.54) is 42.0 Å². The molecular weight excluding hydrogens is 264 g/mol. The van der Waals surface area contributed by atoms with E-state index in [0.29, 0.717) is 12.1 Å². The van der Waals surface area contributed by atoms with E-state index < -0.39 is 0 Å². The zero-order valence-corrected chi connectivity index (χ0v) is 13.9. The fraction of sp³-hybridized carbons (Fsp3) is 0.647. The lowest BCUT2D eigenvalue weighted by Gasteiger charge is -2.26. The van der Waals surface area contributed by atoms with Crippen LogP contribution in [0, 0.1) is 0 Å². The quantitative estimate of drug-likeness (QED) is 0.772. The monoisotopic (exact) mass is 292 g/mol. The van der Waals surface area contributed by atoms with Crippen molar-refractivity contribution in [2.75, 3.05) is 25.9 Å². The molecule has 0 fully saturated rings. The van der Waals surface area contributed by atoms with Crippen molar-refractivity contribution in [3.63, 3.8) is 0 Å². The molecule has 0 aromatic heterocycles. The topological polar surface area (TPSA) is 15.3 Å². The van der Waals surface area contributed by atoms with Gasteiger partial charge in [-0.05, 0) is 58.0 Å². The van der Waals surface area contributed by atoms with Crippen LogP contribution < -0.4 is 5.32 Å². The third-order valence-corrected chi connectivity index (χ3v) is 5.27. The highest BCUT2D eigenvalue weighted by molar-refractivity contribution is 7.98. The molecule has 0 saturated heterocycles. The molecule has 1 heterocycles. The Kier molecular flexibility index (Phi) is 6.40. The van der Waals surface area contributed by atoms with Crippen LogP contribution >= 0.6 is 11.8 Å². The van der Waals surface area contributed by atoms with E-state index in [2.05, 4.69) is 55.4 Å². The van der Waals surface area contributed by atoms with E-state index in [9.17, 15) is 0 Å². The molecule has 3 heteroatoms. The lowest BCUT2D eigenvalue weighted by Crippen LogP contribution is -2.29. The first kappa shape index (κ1) is 15.9. The normalized spacial score (nSPS) is 18.6. The predicted octanol–water partition coefficient (Wildman–Crippen LogP) is 3.68. The molecule has 1 aliphatic rings. The molecule has 0 saturated carbocycles. The van der Waals surface area contributed by atoms with Gasteiger partial charge in [-0.1, -0.05) is 24.3 Å². The average molecular weight is 292 g/mol. The molecule has 0 spiro atoms. The zero-order valence-electron chi connectivity index (χ0n) is 13.1. The first-order valence-corrected chi connectivity index (χ1v) is 8.93. The number of hydrogen-bond donors (Lipinski definition) is 1. The van der Waals surface area contributed by atoms with E-state index in [4.69, 9.17) is 0 Å². The van der Waals surface area contributed by atoms with Gasteiger partial charge in [0.05, 0.1) is 0 Å². The maximum Gasteiger partial charge on any atom is 0.0415 e. The number of unbranched alkanes of at least 4 members (excludes halogenated alkanes) is 1. The molecule has 1 atom stereocenters. The summed E-state index contributed by atoms with van der Waals surface area (Å²) in [6.45, 7) is 6.85. The van der Waals surface area contributed by atoms with Gasteiger partial charge in [-0.25, -0.2) is 0 Å². The van der Waals surface area contributed by atoms with Gasteiger partial charge in [-0.15, -0.1) is 0 Å². The van der Waals surface area contributed by atoms with Crippen LogP contribution in [0.2, 0.25) is 0 Å². The van der Waals surface area contributed by atoms with Crippen molar-refractivity contribution >= 4 is 11.8 Å². The van der Waals surface area contributed by atoms with Crippen molar-refractivity contribution in [1.29, 1.82) is 0 Å². The van der Waals surface area contributed by atoms with Crippen molar-refractivity contribution in [3.05, 3.63) is 35.4 Å². The minimum Gasteiger partial charge on any atom is -0.309 e. The molecule has 112 valence electrons. The first-order chi connectivity index (χ1) is 9.68. The molecule has 0 radical (unpaired) electrons. The Labute approximate surface area is 128 Å². The average Bonchev–Trinajstić information content (AvgIpc) is 2.46. The SMILES string of the molecule is CC(C)N(C)CCCCNC1CSCc2ccccc21. The molecule has 2 rings (SSSR count). The summed E-state index contributed by atoms with van der Waals surface area (Å²) >= 11 is 2.05. The smallest absolute Gasteiger partial charge is 0.0415 e. The fourth-order valence-corrected chi connectivity index (χ4v) is 3.71. The van der Waals surface area contributed by atoms with Crippen molar-refractivity contribution in [2.45, 2.75) is 44.5 Å². The molecule has 1 aromatic rings. The highest BCUT2D eigenvalue weighted by atomic mass is 32.2. The molecule has 2 nitrogen and oxygen atoms in total. The van der Waals surface area contributed by atoms with Crippen LogP contribution in [-0.2, 0) is 5.75 Å². The number of benzene rings is 1. The van der Waals surface area contributed by atoms with Gasteiger partial charge >= 0.3 is 0 Å². The summed E-state index contributed by atoms with van der Waals surface area (Å²) in [5.74, 6) is 2.39. The summed E-state index contributed by atoms with van der Waals surface area (Å²) in [5.41, 5.74) is 3.03. The van der Waals surface area contributed by atoms with Crippen molar-refractivity contribution in [2.24, 2.45) is 0 Å². The second kappa shape index (κ2) is 8.06. The van der Waals surface area contributed by atoms with Crippen molar-refractivity contribution in [1.82, 2.24) is 10.2 Å². The van der Waals surface area contributed by atoms with Crippen LogP contribution in [0.5, 0.6) is 0 Å². The molecular formula is C17H28N2S. The Balaban J connectivity index is 1.70. The largest absolute Gasteiger partial charge is 0.309 e. The van der Waals surface area contributed by atoms with Gasteiger partial charge in [0.25, 0.3) is 0 Å². The molecule has 1 aromatic carbocycles. The van der Waals surface area contributed by atoms with E-state index in [-0.39, 0.29) is 0 Å². The van der Waals surface area contributed by atoms with Crippen LogP contribution in [-0.4, -0.2) is 36.8 Å². The van der Waals surface area contributed by atoms with Gasteiger partial charge in [-0.2, -0.15) is 11.8 Å². The molecule has 1 N–H and O–H groups in total. The second-order valence-electron chi connectivity index (χ2n) is 6.00. The number of hydrogen-bond acceptors (Lipinski definition) is 3. The van der Waals surface area contributed by atoms with Gasteiger partial charge in [0.2, 0.25) is 0 Å². The number of nitrogens with zero attached hydrogens (tertiary/aromatic N) is 1. The number of rotatable bonds is 7. The van der Waals surface area contributed by atoms with Crippen LogP contribution in [0.3, 0.4) is 0 Å². The molecule has 1 aliphatic heterocycles. The maximum atomic E-state index is 3.74. The Morgan fingerprint density at radius 1 is 1.30 bits per heavy atom. The summed E-state index contributed by atoms with van der Waals surface area (Å²) in [6, 6.07) is 10.1. The van der Waals surface area contributed by atoms with E-state index in [1.807, 2.05) is 11.8 Å². The Bertz CT molecular complexity index is 406. The Morgan fingerprint density at radius 3 is 2.90 bits per heavy atom. The molecule has 1 unspecified atom stereocenters. The fourth-order valence-electron chi connectivity index (χ4n) is 2.57. The highest BCUT2D eigenvalue weighted by Crippen LogP contribution is 2.31. The first-order valence-electron chi connectivity index (χ1n) is 7.77. The summed E-state index contributed by atoms with van der Waals surface area (Å²) < 4.78 is 0. The van der Waals surface area contributed by atoms with Gasteiger partial charge in [-0.3, -0.25) is 0 Å². The second-order valence-corrected chi connectivity index (χ2v) is 7.03. The van der Waals surface area contributed by atoms with Crippen molar-refractivity contribution < 1.29 is 0 Å². The third kappa shape index (κ3) is 4.51.